The van der Waals surface area contributed by atoms with Gasteiger partial charge in [0.2, 0.25) is 0 Å². The van der Waals surface area contributed by atoms with Gasteiger partial charge in [-0.3, -0.25) is 4.79 Å². The van der Waals surface area contributed by atoms with Gasteiger partial charge in [-0.15, -0.1) is 6.58 Å². The molecule has 128 valence electrons. The molecule has 2 aromatic rings. The number of rotatable bonds is 7. The van der Waals surface area contributed by atoms with Crippen LogP contribution in [0.15, 0.2) is 79.4 Å². The topological polar surface area (TPSA) is 43.4 Å². The lowest BCUT2D eigenvalue weighted by molar-refractivity contribution is -0.136. The summed E-state index contributed by atoms with van der Waals surface area (Å²) >= 11 is 6.32. The van der Waals surface area contributed by atoms with Gasteiger partial charge in [0.1, 0.15) is 0 Å². The zero-order valence-electron chi connectivity index (χ0n) is 13.9. The Morgan fingerprint density at radius 2 is 1.68 bits per heavy atom. The van der Waals surface area contributed by atoms with E-state index in [0.29, 0.717) is 16.1 Å². The number of carbonyl (C=O) groups is 2. The maximum Gasteiger partial charge on any atom is 0.333 e. The fourth-order valence-corrected chi connectivity index (χ4v) is 3.03. The summed E-state index contributed by atoms with van der Waals surface area (Å²) in [4.78, 5) is 25.1. The molecule has 0 fully saturated rings. The molecule has 0 saturated heterocycles. The molecular weight excluding hydrogens is 336 g/mol. The Hall–Kier alpha value is -2.65. The fraction of sp³-hybridized carbons (Fsp3) is 0.143. The number of ketones is 1. The first-order valence-electron chi connectivity index (χ1n) is 7.74. The van der Waals surface area contributed by atoms with Crippen LogP contribution in [0.25, 0.3) is 0 Å². The van der Waals surface area contributed by atoms with Gasteiger partial charge < -0.3 is 4.74 Å². The quantitative estimate of drug-likeness (QED) is 0.309. The van der Waals surface area contributed by atoms with Crippen molar-refractivity contribution in [1.29, 1.82) is 0 Å². The predicted octanol–water partition coefficient (Wildman–Crippen LogP) is 4.84. The molecule has 4 heteroatoms. The van der Waals surface area contributed by atoms with Gasteiger partial charge in [0, 0.05) is 22.1 Å². The molecular formula is C21H19ClO3. The van der Waals surface area contributed by atoms with E-state index < -0.39 is 17.8 Å². The summed E-state index contributed by atoms with van der Waals surface area (Å²) in [5, 5.41) is 0.449. The molecule has 0 saturated carbocycles. The van der Waals surface area contributed by atoms with Crippen molar-refractivity contribution in [1.82, 2.24) is 0 Å². The lowest BCUT2D eigenvalue weighted by Crippen LogP contribution is -2.25. The van der Waals surface area contributed by atoms with Gasteiger partial charge in [0.05, 0.1) is 13.0 Å². The number of carbonyl (C=O) groups excluding carboxylic acids is 2. The minimum atomic E-state index is -0.700. The van der Waals surface area contributed by atoms with E-state index in [4.69, 9.17) is 16.3 Å². The van der Waals surface area contributed by atoms with Gasteiger partial charge in [-0.1, -0.05) is 72.8 Å². The van der Waals surface area contributed by atoms with Crippen molar-refractivity contribution in [2.24, 2.45) is 5.92 Å². The maximum atomic E-state index is 13.0. The molecule has 0 aliphatic carbocycles. The highest BCUT2D eigenvalue weighted by molar-refractivity contribution is 6.31. The molecule has 0 spiro atoms. The minimum Gasteiger partial charge on any atom is -0.466 e. The standard InChI is InChI=1S/C21H19ClO3/c1-4-16(20(23)15-10-6-5-7-11-15)19(14(2)21(24)25-3)17-12-8-9-13-18(17)22/h4-13,16,19H,1-2H2,3H3. The molecule has 2 unspecified atom stereocenters. The van der Waals surface area contributed by atoms with Crippen LogP contribution in [0.3, 0.4) is 0 Å². The van der Waals surface area contributed by atoms with Crippen LogP contribution >= 0.6 is 11.6 Å². The third-order valence-electron chi connectivity index (χ3n) is 4.04. The average Bonchev–Trinajstić information content (AvgIpc) is 2.66. The Bertz CT molecular complexity index is 796. The maximum absolute atomic E-state index is 13.0. The lowest BCUT2D eigenvalue weighted by atomic mass is 9.77. The predicted molar refractivity (Wildman–Crippen MR) is 99.8 cm³/mol. The van der Waals surface area contributed by atoms with E-state index >= 15 is 0 Å². The van der Waals surface area contributed by atoms with Crippen LogP contribution in [-0.4, -0.2) is 18.9 Å². The molecule has 0 heterocycles. The van der Waals surface area contributed by atoms with Gasteiger partial charge in [-0.05, 0) is 11.6 Å². The third kappa shape index (κ3) is 4.06. The van der Waals surface area contributed by atoms with Crippen LogP contribution in [-0.2, 0) is 9.53 Å². The molecule has 2 rings (SSSR count). The van der Waals surface area contributed by atoms with Crippen LogP contribution < -0.4 is 0 Å². The number of halogens is 1. The van der Waals surface area contributed by atoms with Crippen molar-refractivity contribution in [3.8, 4) is 0 Å². The second-order valence-electron chi connectivity index (χ2n) is 5.51. The normalized spacial score (nSPS) is 12.7. The summed E-state index contributed by atoms with van der Waals surface area (Å²) in [6.07, 6.45) is 1.53. The summed E-state index contributed by atoms with van der Waals surface area (Å²) in [5.74, 6) is -2.11. The fourth-order valence-electron chi connectivity index (χ4n) is 2.77. The van der Waals surface area contributed by atoms with E-state index in [2.05, 4.69) is 13.2 Å². The van der Waals surface area contributed by atoms with Crippen LogP contribution in [0.1, 0.15) is 21.8 Å². The van der Waals surface area contributed by atoms with Crippen molar-refractivity contribution in [3.05, 3.63) is 95.6 Å². The summed E-state index contributed by atoms with van der Waals surface area (Å²) in [6, 6.07) is 15.9. The zero-order chi connectivity index (χ0) is 18.4. The monoisotopic (exact) mass is 354 g/mol. The van der Waals surface area contributed by atoms with E-state index in [1.807, 2.05) is 6.07 Å². The number of methoxy groups -OCH3 is 1. The summed E-state index contributed by atoms with van der Waals surface area (Å²) in [5.41, 5.74) is 1.32. The highest BCUT2D eigenvalue weighted by Gasteiger charge is 2.34. The highest BCUT2D eigenvalue weighted by Crippen LogP contribution is 2.38. The lowest BCUT2D eigenvalue weighted by Gasteiger charge is -2.26. The number of ether oxygens (including phenoxy) is 1. The number of hydrogen-bond donors (Lipinski definition) is 0. The summed E-state index contributed by atoms with van der Waals surface area (Å²) in [7, 11) is 1.28. The molecule has 0 radical (unpaired) electrons. The van der Waals surface area contributed by atoms with E-state index in [1.165, 1.54) is 13.2 Å². The van der Waals surface area contributed by atoms with E-state index in [0.717, 1.165) is 0 Å². The van der Waals surface area contributed by atoms with Gasteiger partial charge >= 0.3 is 5.97 Å². The highest BCUT2D eigenvalue weighted by atomic mass is 35.5. The molecule has 0 N–H and O–H groups in total. The Morgan fingerprint density at radius 3 is 2.24 bits per heavy atom. The molecule has 2 aromatic carbocycles. The van der Waals surface area contributed by atoms with Crippen molar-refractivity contribution >= 4 is 23.4 Å². The molecule has 0 amide bonds. The first-order valence-corrected chi connectivity index (χ1v) is 8.12. The Morgan fingerprint density at radius 1 is 1.08 bits per heavy atom. The number of benzene rings is 2. The number of esters is 1. The van der Waals surface area contributed by atoms with Crippen molar-refractivity contribution in [2.45, 2.75) is 5.92 Å². The molecule has 25 heavy (non-hydrogen) atoms. The summed E-state index contributed by atoms with van der Waals surface area (Å²) < 4.78 is 4.81. The van der Waals surface area contributed by atoms with Crippen molar-refractivity contribution in [2.75, 3.05) is 7.11 Å². The van der Waals surface area contributed by atoms with Crippen LogP contribution in [0.4, 0.5) is 0 Å². The van der Waals surface area contributed by atoms with Gasteiger partial charge in [0.15, 0.2) is 5.78 Å². The number of allylic oxidation sites excluding steroid dienone is 1. The van der Waals surface area contributed by atoms with Crippen LogP contribution in [0.2, 0.25) is 5.02 Å². The van der Waals surface area contributed by atoms with Gasteiger partial charge in [0.25, 0.3) is 0 Å². The molecule has 0 aliphatic heterocycles. The largest absolute Gasteiger partial charge is 0.466 e. The minimum absolute atomic E-state index is 0.157. The van der Waals surface area contributed by atoms with Crippen LogP contribution in [0.5, 0.6) is 0 Å². The second-order valence-corrected chi connectivity index (χ2v) is 5.91. The molecule has 0 aromatic heterocycles. The van der Waals surface area contributed by atoms with E-state index in [-0.39, 0.29) is 11.4 Å². The first-order chi connectivity index (χ1) is 12.0. The average molecular weight is 355 g/mol. The van der Waals surface area contributed by atoms with Crippen LogP contribution in [0, 0.1) is 5.92 Å². The third-order valence-corrected chi connectivity index (χ3v) is 4.38. The molecule has 3 nitrogen and oxygen atoms in total. The van der Waals surface area contributed by atoms with Gasteiger partial charge in [-0.25, -0.2) is 4.79 Å². The van der Waals surface area contributed by atoms with Gasteiger partial charge in [-0.2, -0.15) is 0 Å². The molecule has 0 aliphatic rings. The van der Waals surface area contributed by atoms with E-state index in [9.17, 15) is 9.59 Å². The first kappa shape index (κ1) is 18.7. The second kappa shape index (κ2) is 8.45. The molecule has 0 bridgehead atoms. The number of hydrogen-bond acceptors (Lipinski definition) is 3. The van der Waals surface area contributed by atoms with E-state index in [1.54, 1.807) is 48.5 Å². The van der Waals surface area contributed by atoms with Crippen molar-refractivity contribution < 1.29 is 14.3 Å². The van der Waals surface area contributed by atoms with Crippen molar-refractivity contribution in [3.63, 3.8) is 0 Å². The number of Topliss-reactive ketones (excluding diaryl/α,β-unsaturated/α-hetero) is 1. The Kier molecular flexibility index (Phi) is 6.31. The Labute approximate surface area is 152 Å². The summed E-state index contributed by atoms with van der Waals surface area (Å²) in [6.45, 7) is 7.65. The Balaban J connectivity index is 2.55. The molecule has 2 atom stereocenters. The SMILES string of the molecule is C=CC(C(=O)c1ccccc1)C(C(=C)C(=O)OC)c1ccccc1Cl. The zero-order valence-corrected chi connectivity index (χ0v) is 14.7. The smallest absolute Gasteiger partial charge is 0.333 e.